The second kappa shape index (κ2) is 7.44. The van der Waals surface area contributed by atoms with Gasteiger partial charge in [0.1, 0.15) is 5.03 Å². The third kappa shape index (κ3) is 4.06. The number of nitrogens with zero attached hydrogens (tertiary/aromatic N) is 1. The van der Waals surface area contributed by atoms with Gasteiger partial charge in [-0.2, -0.15) is 0 Å². The van der Waals surface area contributed by atoms with Crippen LogP contribution in [0.5, 0.6) is 0 Å². The van der Waals surface area contributed by atoms with Gasteiger partial charge in [-0.3, -0.25) is 14.5 Å². The lowest BCUT2D eigenvalue weighted by atomic mass is 10.1. The first kappa shape index (κ1) is 19.6. The zero-order chi connectivity index (χ0) is 19.8. The van der Waals surface area contributed by atoms with Crippen LogP contribution in [0, 0.1) is 0 Å². The summed E-state index contributed by atoms with van der Waals surface area (Å²) >= 11 is 11.9. The Morgan fingerprint density at radius 1 is 0.889 bits per heavy atom. The molecular weight excluding hydrogens is 411 g/mol. The van der Waals surface area contributed by atoms with Crippen molar-refractivity contribution in [3.63, 3.8) is 0 Å². The SMILES string of the molecule is NS(=O)(=O)c1ccc(CCN2C(=O)C(Cl)=C(c3ccc(Cl)cc3)C2=O)cc1. The van der Waals surface area contributed by atoms with Crippen molar-refractivity contribution < 1.29 is 18.0 Å². The van der Waals surface area contributed by atoms with E-state index in [1.807, 2.05) is 0 Å². The van der Waals surface area contributed by atoms with Crippen LogP contribution in [0.15, 0.2) is 58.5 Å². The Morgan fingerprint density at radius 2 is 1.48 bits per heavy atom. The van der Waals surface area contributed by atoms with E-state index in [1.165, 1.54) is 12.1 Å². The molecule has 0 atom stereocenters. The number of hydrogen-bond donors (Lipinski definition) is 1. The molecule has 1 heterocycles. The topological polar surface area (TPSA) is 97.5 Å². The summed E-state index contributed by atoms with van der Waals surface area (Å²) in [6.45, 7) is 0.111. The van der Waals surface area contributed by atoms with Gasteiger partial charge in [-0.25, -0.2) is 13.6 Å². The van der Waals surface area contributed by atoms with Crippen LogP contribution in [0.4, 0.5) is 0 Å². The number of carbonyl (C=O) groups excluding carboxylic acids is 2. The smallest absolute Gasteiger partial charge is 0.273 e. The average molecular weight is 425 g/mol. The molecule has 9 heteroatoms. The molecular formula is C18H14Cl2N2O4S. The van der Waals surface area contributed by atoms with Gasteiger partial charge in [0.05, 0.1) is 10.5 Å². The van der Waals surface area contributed by atoms with Gasteiger partial charge in [-0.1, -0.05) is 47.5 Å². The van der Waals surface area contributed by atoms with Gasteiger partial charge in [0.2, 0.25) is 10.0 Å². The number of hydrogen-bond acceptors (Lipinski definition) is 4. The van der Waals surface area contributed by atoms with Gasteiger partial charge in [-0.05, 0) is 41.8 Å². The fraction of sp³-hybridized carbons (Fsp3) is 0.111. The molecule has 2 amide bonds. The second-order valence-electron chi connectivity index (χ2n) is 5.90. The fourth-order valence-corrected chi connectivity index (χ4v) is 3.64. The number of rotatable bonds is 5. The lowest BCUT2D eigenvalue weighted by Crippen LogP contribution is -2.33. The maximum Gasteiger partial charge on any atom is 0.273 e. The molecule has 0 spiro atoms. The molecule has 140 valence electrons. The van der Waals surface area contributed by atoms with E-state index >= 15 is 0 Å². The lowest BCUT2D eigenvalue weighted by Gasteiger charge is -2.15. The van der Waals surface area contributed by atoms with Gasteiger partial charge in [0.15, 0.2) is 0 Å². The minimum absolute atomic E-state index is 0.00527. The molecule has 3 rings (SSSR count). The normalized spacial score (nSPS) is 15.0. The number of nitrogens with two attached hydrogens (primary N) is 1. The number of amides is 2. The Hall–Kier alpha value is -2.19. The van der Waals surface area contributed by atoms with Crippen molar-refractivity contribution in [3.8, 4) is 0 Å². The number of sulfonamides is 1. The first-order valence-electron chi connectivity index (χ1n) is 7.82. The monoisotopic (exact) mass is 424 g/mol. The summed E-state index contributed by atoms with van der Waals surface area (Å²) in [5.74, 6) is -1.04. The number of carbonyl (C=O) groups is 2. The first-order valence-corrected chi connectivity index (χ1v) is 10.1. The Balaban J connectivity index is 1.75. The average Bonchev–Trinajstić information content (AvgIpc) is 2.83. The van der Waals surface area contributed by atoms with Crippen molar-refractivity contribution in [1.82, 2.24) is 4.90 Å². The van der Waals surface area contributed by atoms with Crippen LogP contribution in [0.2, 0.25) is 5.02 Å². The molecule has 2 aromatic carbocycles. The molecule has 0 saturated heterocycles. The van der Waals surface area contributed by atoms with Crippen molar-refractivity contribution in [2.75, 3.05) is 6.54 Å². The molecule has 0 fully saturated rings. The standard InChI is InChI=1S/C18H14Cl2N2O4S/c19-13-5-3-12(4-6-13)15-16(20)18(24)22(17(15)23)10-9-11-1-7-14(8-2-11)27(21,25)26/h1-8H,9-10H2,(H2,21,25,26). The van der Waals surface area contributed by atoms with Crippen molar-refractivity contribution >= 4 is 50.6 Å². The maximum atomic E-state index is 12.7. The molecule has 0 saturated carbocycles. The highest BCUT2D eigenvalue weighted by atomic mass is 35.5. The number of halogens is 2. The minimum atomic E-state index is -3.77. The zero-order valence-corrected chi connectivity index (χ0v) is 16.2. The van der Waals surface area contributed by atoms with Gasteiger partial charge in [0.25, 0.3) is 11.8 Å². The molecule has 2 N–H and O–H groups in total. The molecule has 0 bridgehead atoms. The molecule has 1 aliphatic rings. The van der Waals surface area contributed by atoms with Crippen LogP contribution in [-0.4, -0.2) is 31.7 Å². The molecule has 2 aromatic rings. The summed E-state index contributed by atoms with van der Waals surface area (Å²) in [4.78, 5) is 26.1. The van der Waals surface area contributed by atoms with E-state index in [4.69, 9.17) is 28.3 Å². The molecule has 6 nitrogen and oxygen atoms in total. The molecule has 0 aromatic heterocycles. The Kier molecular flexibility index (Phi) is 5.39. The van der Waals surface area contributed by atoms with Crippen molar-refractivity contribution in [2.45, 2.75) is 11.3 Å². The third-order valence-corrected chi connectivity index (χ3v) is 5.65. The highest BCUT2D eigenvalue weighted by Crippen LogP contribution is 2.32. The highest BCUT2D eigenvalue weighted by Gasteiger charge is 2.37. The zero-order valence-electron chi connectivity index (χ0n) is 13.9. The third-order valence-electron chi connectivity index (χ3n) is 4.12. The maximum absolute atomic E-state index is 12.7. The summed E-state index contributed by atoms with van der Waals surface area (Å²) in [5.41, 5.74) is 1.41. The van der Waals surface area contributed by atoms with Gasteiger partial charge in [-0.15, -0.1) is 0 Å². The van der Waals surface area contributed by atoms with Crippen LogP contribution >= 0.6 is 23.2 Å². The lowest BCUT2D eigenvalue weighted by molar-refractivity contribution is -0.136. The minimum Gasteiger partial charge on any atom is -0.273 e. The number of primary sulfonamides is 1. The Morgan fingerprint density at radius 3 is 2.04 bits per heavy atom. The highest BCUT2D eigenvalue weighted by molar-refractivity contribution is 7.89. The van der Waals surface area contributed by atoms with Gasteiger partial charge in [0, 0.05) is 11.6 Å². The first-order chi connectivity index (χ1) is 12.7. The molecule has 0 aliphatic carbocycles. The second-order valence-corrected chi connectivity index (χ2v) is 8.27. The summed E-state index contributed by atoms with van der Waals surface area (Å²) in [6, 6.07) is 12.4. The summed E-state index contributed by atoms with van der Waals surface area (Å²) in [7, 11) is -3.77. The van der Waals surface area contributed by atoms with Crippen LogP contribution in [0.25, 0.3) is 5.57 Å². The summed E-state index contributed by atoms with van der Waals surface area (Å²) in [6.07, 6.45) is 0.348. The van der Waals surface area contributed by atoms with Crippen LogP contribution < -0.4 is 5.14 Å². The Bertz CT molecular complexity index is 1050. The predicted molar refractivity (Wildman–Crippen MR) is 102 cm³/mol. The van der Waals surface area contributed by atoms with E-state index in [2.05, 4.69) is 0 Å². The molecule has 0 radical (unpaired) electrons. The van der Waals surface area contributed by atoms with Crippen molar-refractivity contribution in [2.24, 2.45) is 5.14 Å². The van der Waals surface area contributed by atoms with Crippen molar-refractivity contribution in [1.29, 1.82) is 0 Å². The fourth-order valence-electron chi connectivity index (χ4n) is 2.70. The van der Waals surface area contributed by atoms with E-state index in [1.54, 1.807) is 36.4 Å². The number of imide groups is 1. The number of benzene rings is 2. The molecule has 1 aliphatic heterocycles. The molecule has 27 heavy (non-hydrogen) atoms. The van der Waals surface area contributed by atoms with Crippen LogP contribution in [0.3, 0.4) is 0 Å². The van der Waals surface area contributed by atoms with E-state index in [-0.39, 0.29) is 22.0 Å². The Labute approximate surface area is 166 Å². The van der Waals surface area contributed by atoms with Gasteiger partial charge < -0.3 is 0 Å². The van der Waals surface area contributed by atoms with E-state index < -0.39 is 21.8 Å². The molecule has 0 unspecified atom stereocenters. The predicted octanol–water partition coefficient (Wildman–Crippen LogP) is 2.55. The van der Waals surface area contributed by atoms with Crippen LogP contribution in [-0.2, 0) is 26.0 Å². The van der Waals surface area contributed by atoms with E-state index in [0.717, 1.165) is 10.5 Å². The van der Waals surface area contributed by atoms with Crippen molar-refractivity contribution in [3.05, 3.63) is 69.7 Å². The quantitative estimate of drug-likeness (QED) is 0.745. The van der Waals surface area contributed by atoms with Gasteiger partial charge >= 0.3 is 0 Å². The van der Waals surface area contributed by atoms with Crippen LogP contribution in [0.1, 0.15) is 11.1 Å². The largest absolute Gasteiger partial charge is 0.273 e. The summed E-state index contributed by atoms with van der Waals surface area (Å²) < 4.78 is 22.6. The summed E-state index contributed by atoms with van der Waals surface area (Å²) in [5, 5.41) is 5.43. The van der Waals surface area contributed by atoms with E-state index in [0.29, 0.717) is 17.0 Å². The van der Waals surface area contributed by atoms with E-state index in [9.17, 15) is 18.0 Å².